The lowest BCUT2D eigenvalue weighted by molar-refractivity contribution is -0.127. The first kappa shape index (κ1) is 12.0. The van der Waals surface area contributed by atoms with Gasteiger partial charge in [-0.15, -0.1) is 0 Å². The Morgan fingerprint density at radius 3 is 3.18 bits per heavy atom. The lowest BCUT2D eigenvalue weighted by Crippen LogP contribution is -2.53. The number of carbonyl (C=O) groups excluding carboxylic acids is 1. The highest BCUT2D eigenvalue weighted by Crippen LogP contribution is 2.24. The van der Waals surface area contributed by atoms with Crippen LogP contribution in [0.4, 0.5) is 0 Å². The molecule has 94 valence electrons. The van der Waals surface area contributed by atoms with Crippen molar-refractivity contribution in [2.45, 2.75) is 44.7 Å². The Hall–Kier alpha value is -1.43. The summed E-state index contributed by atoms with van der Waals surface area (Å²) in [7, 11) is 0. The number of nitrogens with zero attached hydrogens (tertiary/aromatic N) is 2. The predicted molar refractivity (Wildman–Crippen MR) is 61.0 cm³/mol. The maximum absolute atomic E-state index is 12.2. The van der Waals surface area contributed by atoms with Crippen LogP contribution in [0.15, 0.2) is 10.9 Å². The highest BCUT2D eigenvalue weighted by Gasteiger charge is 2.39. The highest BCUT2D eigenvalue weighted by atomic mass is 16.5. The molecule has 0 saturated carbocycles. The Labute approximate surface area is 100 Å². The maximum atomic E-state index is 12.2. The average molecular weight is 238 g/mol. The van der Waals surface area contributed by atoms with Gasteiger partial charge in [0.05, 0.1) is 12.1 Å². The molecule has 0 spiro atoms. The molecule has 0 aromatic carbocycles. The summed E-state index contributed by atoms with van der Waals surface area (Å²) in [4.78, 5) is 16.1. The molecule has 1 aromatic rings. The maximum Gasteiger partial charge on any atom is 0.240 e. The van der Waals surface area contributed by atoms with Crippen LogP contribution < -0.4 is 10.6 Å². The average Bonchev–Trinajstić information content (AvgIpc) is 2.97. The van der Waals surface area contributed by atoms with E-state index in [2.05, 4.69) is 32.2 Å². The third-order valence-corrected chi connectivity index (χ3v) is 3.17. The summed E-state index contributed by atoms with van der Waals surface area (Å²) in [6.07, 6.45) is 5.07. The largest absolute Gasteiger partial charge is 0.347 e. The van der Waals surface area contributed by atoms with Crippen LogP contribution in [-0.2, 0) is 11.3 Å². The van der Waals surface area contributed by atoms with Gasteiger partial charge in [0.25, 0.3) is 0 Å². The number of aromatic nitrogens is 2. The first-order chi connectivity index (χ1) is 8.27. The fraction of sp³-hybridized carbons (Fsp3) is 0.727. The van der Waals surface area contributed by atoms with Gasteiger partial charge in [-0.25, -0.2) is 0 Å². The molecule has 17 heavy (non-hydrogen) atoms. The number of nitrogens with one attached hydrogen (secondary N) is 2. The summed E-state index contributed by atoms with van der Waals surface area (Å²) in [5.74, 6) is 0.546. The first-order valence-corrected chi connectivity index (χ1v) is 6.05. The van der Waals surface area contributed by atoms with Crippen molar-refractivity contribution in [2.24, 2.45) is 0 Å². The predicted octanol–water partition coefficient (Wildman–Crippen LogP) is 0.608. The Kier molecular flexibility index (Phi) is 3.73. The highest BCUT2D eigenvalue weighted by molar-refractivity contribution is 5.86. The van der Waals surface area contributed by atoms with Crippen molar-refractivity contribution in [3.63, 3.8) is 0 Å². The van der Waals surface area contributed by atoms with E-state index in [9.17, 15) is 4.79 Å². The molecule has 2 heterocycles. The van der Waals surface area contributed by atoms with Crippen LogP contribution >= 0.6 is 0 Å². The summed E-state index contributed by atoms with van der Waals surface area (Å²) in [6.45, 7) is 3.33. The molecule has 0 bridgehead atoms. The van der Waals surface area contributed by atoms with Crippen molar-refractivity contribution in [1.82, 2.24) is 20.8 Å². The molecule has 6 nitrogen and oxygen atoms in total. The van der Waals surface area contributed by atoms with E-state index >= 15 is 0 Å². The van der Waals surface area contributed by atoms with Crippen LogP contribution in [0.3, 0.4) is 0 Å². The minimum atomic E-state index is -0.390. The summed E-state index contributed by atoms with van der Waals surface area (Å²) in [6, 6.07) is 0. The van der Waals surface area contributed by atoms with Gasteiger partial charge in [-0.3, -0.25) is 4.79 Å². The van der Waals surface area contributed by atoms with Crippen LogP contribution in [0.2, 0.25) is 0 Å². The molecule has 1 aliphatic heterocycles. The lowest BCUT2D eigenvalue weighted by atomic mass is 9.91. The van der Waals surface area contributed by atoms with E-state index in [0.29, 0.717) is 12.4 Å². The Bertz CT molecular complexity index is 358. The zero-order chi connectivity index (χ0) is 12.1. The molecule has 0 radical (unpaired) electrons. The summed E-state index contributed by atoms with van der Waals surface area (Å²) >= 11 is 0. The van der Waals surface area contributed by atoms with E-state index in [1.807, 2.05) is 0 Å². The van der Waals surface area contributed by atoms with Crippen LogP contribution in [-0.4, -0.2) is 28.1 Å². The van der Waals surface area contributed by atoms with Gasteiger partial charge in [0, 0.05) is 0 Å². The molecule has 2 N–H and O–H groups in total. The van der Waals surface area contributed by atoms with Crippen LogP contribution in [0.5, 0.6) is 0 Å². The van der Waals surface area contributed by atoms with E-state index in [1.54, 1.807) is 0 Å². The molecule has 0 aliphatic carbocycles. The molecule has 1 saturated heterocycles. The number of amides is 1. The standard InChI is InChI=1S/C11H18N4O2/c1-2-4-11(5-3-6-14-11)10(16)12-7-9-13-8-17-15-9/h8,14H,2-7H2,1H3,(H,12,16). The Balaban J connectivity index is 1.92. The molecule has 1 atom stereocenters. The second-order valence-electron chi connectivity index (χ2n) is 4.39. The van der Waals surface area contributed by atoms with Gasteiger partial charge in [-0.05, 0) is 25.8 Å². The Morgan fingerprint density at radius 2 is 2.59 bits per heavy atom. The lowest BCUT2D eigenvalue weighted by Gasteiger charge is -2.27. The summed E-state index contributed by atoms with van der Waals surface area (Å²) in [5, 5.41) is 9.85. The van der Waals surface area contributed by atoms with Crippen molar-refractivity contribution in [3.8, 4) is 0 Å². The number of hydrogen-bond donors (Lipinski definition) is 2. The zero-order valence-corrected chi connectivity index (χ0v) is 10.0. The van der Waals surface area contributed by atoms with Gasteiger partial charge in [-0.2, -0.15) is 4.98 Å². The van der Waals surface area contributed by atoms with E-state index < -0.39 is 5.54 Å². The summed E-state index contributed by atoms with van der Waals surface area (Å²) < 4.78 is 4.62. The monoisotopic (exact) mass is 238 g/mol. The van der Waals surface area contributed by atoms with Gasteiger partial charge < -0.3 is 15.2 Å². The topological polar surface area (TPSA) is 80.1 Å². The van der Waals surface area contributed by atoms with Crippen molar-refractivity contribution in [1.29, 1.82) is 0 Å². The molecule has 1 amide bonds. The quantitative estimate of drug-likeness (QED) is 0.785. The van der Waals surface area contributed by atoms with Gasteiger partial charge in [0.15, 0.2) is 5.82 Å². The van der Waals surface area contributed by atoms with Crippen molar-refractivity contribution >= 4 is 5.91 Å². The molecule has 1 aromatic heterocycles. The van der Waals surface area contributed by atoms with Crippen molar-refractivity contribution in [3.05, 3.63) is 12.2 Å². The van der Waals surface area contributed by atoms with Gasteiger partial charge in [0.1, 0.15) is 0 Å². The summed E-state index contributed by atoms with van der Waals surface area (Å²) in [5.41, 5.74) is -0.390. The molecule has 2 rings (SSSR count). The molecular formula is C11H18N4O2. The smallest absolute Gasteiger partial charge is 0.240 e. The van der Waals surface area contributed by atoms with Crippen LogP contribution in [0.25, 0.3) is 0 Å². The fourth-order valence-electron chi connectivity index (χ4n) is 2.35. The first-order valence-electron chi connectivity index (χ1n) is 6.05. The SMILES string of the molecule is CCCC1(C(=O)NCc2ncon2)CCCN1. The van der Waals surface area contributed by atoms with E-state index in [0.717, 1.165) is 32.2 Å². The number of carbonyl (C=O) groups is 1. The van der Waals surface area contributed by atoms with E-state index in [1.165, 1.54) is 6.39 Å². The number of rotatable bonds is 5. The second kappa shape index (κ2) is 5.27. The van der Waals surface area contributed by atoms with Crippen LogP contribution in [0, 0.1) is 0 Å². The molecule has 1 unspecified atom stereocenters. The van der Waals surface area contributed by atoms with Gasteiger partial charge in [-0.1, -0.05) is 18.5 Å². The van der Waals surface area contributed by atoms with Crippen molar-refractivity contribution < 1.29 is 9.32 Å². The van der Waals surface area contributed by atoms with E-state index in [-0.39, 0.29) is 5.91 Å². The zero-order valence-electron chi connectivity index (χ0n) is 10.0. The third kappa shape index (κ3) is 2.63. The van der Waals surface area contributed by atoms with Crippen LogP contribution in [0.1, 0.15) is 38.4 Å². The van der Waals surface area contributed by atoms with E-state index in [4.69, 9.17) is 0 Å². The third-order valence-electron chi connectivity index (χ3n) is 3.17. The normalized spacial score (nSPS) is 23.8. The fourth-order valence-corrected chi connectivity index (χ4v) is 2.35. The van der Waals surface area contributed by atoms with Gasteiger partial charge in [0.2, 0.25) is 12.3 Å². The Morgan fingerprint density at radius 1 is 1.71 bits per heavy atom. The molecule has 1 aliphatic rings. The minimum absolute atomic E-state index is 0.0432. The molecule has 1 fully saturated rings. The molecular weight excluding hydrogens is 220 g/mol. The second-order valence-corrected chi connectivity index (χ2v) is 4.39. The molecule has 6 heteroatoms. The van der Waals surface area contributed by atoms with Gasteiger partial charge >= 0.3 is 0 Å². The number of hydrogen-bond acceptors (Lipinski definition) is 5. The van der Waals surface area contributed by atoms with Crippen molar-refractivity contribution in [2.75, 3.05) is 6.54 Å². The minimum Gasteiger partial charge on any atom is -0.347 e.